The summed E-state index contributed by atoms with van der Waals surface area (Å²) in [6.07, 6.45) is 2.51. The fourth-order valence-corrected chi connectivity index (χ4v) is 2.97. The minimum atomic E-state index is -0.945. The van der Waals surface area contributed by atoms with Crippen molar-refractivity contribution in [1.29, 1.82) is 0 Å². The molecule has 0 saturated carbocycles. The monoisotopic (exact) mass is 296 g/mol. The molecular formula is C15H21ClN2O2. The van der Waals surface area contributed by atoms with Crippen LogP contribution in [0.2, 0.25) is 5.02 Å². The molecule has 1 atom stereocenters. The Bertz CT molecular complexity index is 493. The molecule has 110 valence electrons. The van der Waals surface area contributed by atoms with E-state index < -0.39 is 5.97 Å². The van der Waals surface area contributed by atoms with Crippen LogP contribution in [0.5, 0.6) is 0 Å². The van der Waals surface area contributed by atoms with Crippen molar-refractivity contribution in [3.8, 4) is 0 Å². The predicted molar refractivity (Wildman–Crippen MR) is 80.4 cm³/mol. The summed E-state index contributed by atoms with van der Waals surface area (Å²) in [5, 5.41) is 9.45. The lowest BCUT2D eigenvalue weighted by Crippen LogP contribution is -2.36. The Hall–Kier alpha value is -1.10. The highest BCUT2D eigenvalue weighted by atomic mass is 35.5. The molecule has 0 spiro atoms. The maximum absolute atomic E-state index is 10.9. The molecule has 1 saturated heterocycles. The third-order valence-corrected chi connectivity index (χ3v) is 4.29. The molecule has 2 rings (SSSR count). The second kappa shape index (κ2) is 6.57. The number of aromatic carboxylic acids is 1. The van der Waals surface area contributed by atoms with Gasteiger partial charge in [-0.15, -0.1) is 0 Å². The second-order valence-corrected chi connectivity index (χ2v) is 5.99. The normalized spacial score (nSPS) is 19.7. The van der Waals surface area contributed by atoms with Crippen LogP contribution >= 0.6 is 11.6 Å². The van der Waals surface area contributed by atoms with Crippen LogP contribution in [0, 0.1) is 0 Å². The van der Waals surface area contributed by atoms with Gasteiger partial charge in [-0.3, -0.25) is 0 Å². The molecule has 4 nitrogen and oxygen atoms in total. The molecule has 1 aliphatic heterocycles. The summed E-state index contributed by atoms with van der Waals surface area (Å²) < 4.78 is 0. The molecule has 1 aromatic carbocycles. The van der Waals surface area contributed by atoms with Gasteiger partial charge in [0.1, 0.15) is 0 Å². The predicted octanol–water partition coefficient (Wildman–Crippen LogP) is 2.56. The first kappa shape index (κ1) is 15.3. The lowest BCUT2D eigenvalue weighted by atomic mass is 10.1. The zero-order chi connectivity index (χ0) is 14.7. The Morgan fingerprint density at radius 1 is 1.55 bits per heavy atom. The van der Waals surface area contributed by atoms with Crippen molar-refractivity contribution in [3.05, 3.63) is 34.3 Å². The zero-order valence-corrected chi connectivity index (χ0v) is 12.7. The molecule has 1 heterocycles. The second-order valence-electron chi connectivity index (χ2n) is 5.58. The van der Waals surface area contributed by atoms with Gasteiger partial charge in [0.2, 0.25) is 0 Å². The van der Waals surface area contributed by atoms with E-state index in [1.54, 1.807) is 12.1 Å². The Labute approximate surface area is 124 Å². The van der Waals surface area contributed by atoms with Gasteiger partial charge in [0, 0.05) is 24.2 Å². The van der Waals surface area contributed by atoms with Gasteiger partial charge in [-0.25, -0.2) is 4.79 Å². The standard InChI is InChI=1S/C15H21ClN2O2/c1-17(10-13-4-3-7-18(13)2)9-12-6-5-11(15(19)20)8-14(12)16/h5-6,8,13H,3-4,7,9-10H2,1-2H3,(H,19,20). The van der Waals surface area contributed by atoms with E-state index in [0.717, 1.165) is 18.7 Å². The fourth-order valence-electron chi connectivity index (χ4n) is 2.73. The summed E-state index contributed by atoms with van der Waals surface area (Å²) in [7, 11) is 4.24. The van der Waals surface area contributed by atoms with Gasteiger partial charge in [0.15, 0.2) is 0 Å². The summed E-state index contributed by atoms with van der Waals surface area (Å²) >= 11 is 6.16. The lowest BCUT2D eigenvalue weighted by molar-refractivity contribution is 0.0697. The maximum atomic E-state index is 10.9. The number of halogens is 1. The average Bonchev–Trinajstić information content (AvgIpc) is 2.77. The van der Waals surface area contributed by atoms with E-state index in [4.69, 9.17) is 16.7 Å². The van der Waals surface area contributed by atoms with Crippen LogP contribution in [0.3, 0.4) is 0 Å². The Balaban J connectivity index is 1.97. The largest absolute Gasteiger partial charge is 0.478 e. The Morgan fingerprint density at radius 3 is 2.85 bits per heavy atom. The van der Waals surface area contributed by atoms with Crippen LogP contribution in [0.1, 0.15) is 28.8 Å². The first-order valence-corrected chi connectivity index (χ1v) is 7.25. The number of carboxylic acids is 1. The third kappa shape index (κ3) is 3.72. The van der Waals surface area contributed by atoms with Gasteiger partial charge < -0.3 is 14.9 Å². The van der Waals surface area contributed by atoms with Crippen molar-refractivity contribution in [2.75, 3.05) is 27.2 Å². The van der Waals surface area contributed by atoms with E-state index in [9.17, 15) is 4.79 Å². The third-order valence-electron chi connectivity index (χ3n) is 3.93. The molecule has 1 fully saturated rings. The SMILES string of the molecule is CN(Cc1ccc(C(=O)O)cc1Cl)CC1CCCN1C. The zero-order valence-electron chi connectivity index (χ0n) is 12.0. The highest BCUT2D eigenvalue weighted by molar-refractivity contribution is 6.31. The number of likely N-dealkylation sites (tertiary alicyclic amines) is 1. The van der Waals surface area contributed by atoms with E-state index in [2.05, 4.69) is 23.9 Å². The van der Waals surface area contributed by atoms with Gasteiger partial charge in [0.05, 0.1) is 5.56 Å². The van der Waals surface area contributed by atoms with E-state index >= 15 is 0 Å². The van der Waals surface area contributed by atoms with Gasteiger partial charge >= 0.3 is 5.97 Å². The van der Waals surface area contributed by atoms with Crippen molar-refractivity contribution < 1.29 is 9.90 Å². The molecule has 0 radical (unpaired) electrons. The van der Waals surface area contributed by atoms with Crippen molar-refractivity contribution in [2.24, 2.45) is 0 Å². The van der Waals surface area contributed by atoms with Crippen LogP contribution in [0.4, 0.5) is 0 Å². The average molecular weight is 297 g/mol. The quantitative estimate of drug-likeness (QED) is 0.907. The number of benzene rings is 1. The van der Waals surface area contributed by atoms with E-state index in [1.807, 2.05) is 0 Å². The highest BCUT2D eigenvalue weighted by Crippen LogP contribution is 2.21. The minimum absolute atomic E-state index is 0.233. The van der Waals surface area contributed by atoms with Crippen LogP contribution < -0.4 is 0 Å². The van der Waals surface area contributed by atoms with E-state index in [-0.39, 0.29) is 5.56 Å². The van der Waals surface area contributed by atoms with E-state index in [1.165, 1.54) is 25.5 Å². The smallest absolute Gasteiger partial charge is 0.335 e. The Morgan fingerprint density at radius 2 is 2.30 bits per heavy atom. The molecular weight excluding hydrogens is 276 g/mol. The fraction of sp³-hybridized carbons (Fsp3) is 0.533. The van der Waals surface area contributed by atoms with Gasteiger partial charge in [-0.2, -0.15) is 0 Å². The van der Waals surface area contributed by atoms with E-state index in [0.29, 0.717) is 11.1 Å². The molecule has 1 unspecified atom stereocenters. The number of nitrogens with zero attached hydrogens (tertiary/aromatic N) is 2. The summed E-state index contributed by atoms with van der Waals surface area (Å²) in [5.74, 6) is -0.945. The highest BCUT2D eigenvalue weighted by Gasteiger charge is 2.22. The molecule has 0 bridgehead atoms. The van der Waals surface area contributed by atoms with Crippen LogP contribution in [0.25, 0.3) is 0 Å². The van der Waals surface area contributed by atoms with Crippen LogP contribution in [-0.2, 0) is 6.54 Å². The summed E-state index contributed by atoms with van der Waals surface area (Å²) in [5.41, 5.74) is 1.21. The number of rotatable bonds is 5. The first-order chi connectivity index (χ1) is 9.47. The molecule has 0 amide bonds. The summed E-state index contributed by atoms with van der Waals surface area (Å²) in [4.78, 5) is 15.5. The molecule has 0 aliphatic carbocycles. The number of carbonyl (C=O) groups is 1. The lowest BCUT2D eigenvalue weighted by Gasteiger charge is -2.26. The topological polar surface area (TPSA) is 43.8 Å². The minimum Gasteiger partial charge on any atom is -0.478 e. The number of likely N-dealkylation sites (N-methyl/N-ethyl adjacent to an activating group) is 2. The first-order valence-electron chi connectivity index (χ1n) is 6.88. The van der Waals surface area contributed by atoms with Crippen LogP contribution in [-0.4, -0.2) is 54.1 Å². The van der Waals surface area contributed by atoms with Gasteiger partial charge in [-0.1, -0.05) is 17.7 Å². The molecule has 5 heteroatoms. The van der Waals surface area contributed by atoms with Crippen molar-refractivity contribution in [2.45, 2.75) is 25.4 Å². The van der Waals surface area contributed by atoms with Gasteiger partial charge in [0.25, 0.3) is 0 Å². The Kier molecular flexibility index (Phi) is 5.02. The molecule has 1 N–H and O–H groups in total. The van der Waals surface area contributed by atoms with Crippen molar-refractivity contribution in [3.63, 3.8) is 0 Å². The number of hydrogen-bond acceptors (Lipinski definition) is 3. The molecule has 1 aromatic rings. The van der Waals surface area contributed by atoms with Gasteiger partial charge in [-0.05, 0) is 51.2 Å². The molecule has 0 aromatic heterocycles. The van der Waals surface area contributed by atoms with Crippen LogP contribution in [0.15, 0.2) is 18.2 Å². The summed E-state index contributed by atoms with van der Waals surface area (Å²) in [6, 6.07) is 5.55. The van der Waals surface area contributed by atoms with Crippen molar-refractivity contribution in [1.82, 2.24) is 9.80 Å². The summed E-state index contributed by atoms with van der Waals surface area (Å²) in [6.45, 7) is 2.92. The number of hydrogen-bond donors (Lipinski definition) is 1. The van der Waals surface area contributed by atoms with Crippen molar-refractivity contribution >= 4 is 17.6 Å². The molecule has 20 heavy (non-hydrogen) atoms. The maximum Gasteiger partial charge on any atom is 0.335 e. The molecule has 1 aliphatic rings. The number of carboxylic acid groups (broad SMARTS) is 1.